The first-order valence-electron chi connectivity index (χ1n) is 17.1. The molecule has 8 rings (SSSR count). The molecule has 7 aromatic rings. The number of amidine groups is 1. The average molecular weight is 652 g/mol. The van der Waals surface area contributed by atoms with E-state index >= 15 is 0 Å². The average Bonchev–Trinajstić information content (AvgIpc) is 3.36. The van der Waals surface area contributed by atoms with Crippen molar-refractivity contribution in [1.29, 1.82) is 5.41 Å². The molecule has 2 N–H and O–H groups in total. The molecule has 1 aromatic heterocycles. The van der Waals surface area contributed by atoms with E-state index in [4.69, 9.17) is 14.3 Å². The van der Waals surface area contributed by atoms with Gasteiger partial charge in [0.1, 0.15) is 5.49 Å². The van der Waals surface area contributed by atoms with Gasteiger partial charge in [0.05, 0.1) is 11.2 Å². The van der Waals surface area contributed by atoms with Gasteiger partial charge in [0.2, 0.25) is 0 Å². The van der Waals surface area contributed by atoms with Crippen molar-refractivity contribution in [2.24, 2.45) is 4.99 Å². The highest BCUT2D eigenvalue weighted by Crippen LogP contribution is 2.41. The van der Waals surface area contributed by atoms with E-state index in [0.717, 1.165) is 66.0 Å². The van der Waals surface area contributed by atoms with Crippen LogP contribution in [0.4, 0.5) is 0 Å². The summed E-state index contributed by atoms with van der Waals surface area (Å²) in [6.45, 7) is 8.36. The molecule has 0 atom stereocenters. The SMILES string of the molecule is CC1(C)OB(c2c3ccccc3c(-c3ccccc3C(=N)/N=c3\[nH]cc(-c4ccccc4)cc3-c3ccccc3)c3ccccc23)OC1(C)C. The second kappa shape index (κ2) is 12.4. The zero-order chi connectivity index (χ0) is 34.5. The van der Waals surface area contributed by atoms with E-state index in [1.54, 1.807) is 0 Å². The van der Waals surface area contributed by atoms with Crippen LogP contribution in [-0.2, 0) is 9.31 Å². The second-order valence-corrected chi connectivity index (χ2v) is 13.9. The zero-order valence-electron chi connectivity index (χ0n) is 28.7. The van der Waals surface area contributed by atoms with Gasteiger partial charge in [-0.05, 0) is 88.6 Å². The van der Waals surface area contributed by atoms with Crippen LogP contribution >= 0.6 is 0 Å². The number of hydrogen-bond donors (Lipinski definition) is 2. The molecule has 1 saturated heterocycles. The number of aromatic nitrogens is 1. The third-order valence-electron chi connectivity index (χ3n) is 10.2. The Kier molecular flexibility index (Phi) is 7.86. The lowest BCUT2D eigenvalue weighted by Gasteiger charge is -2.32. The number of H-pyrrole nitrogens is 1. The quantitative estimate of drug-likeness (QED) is 0.0843. The molecule has 6 heteroatoms. The van der Waals surface area contributed by atoms with Crippen molar-refractivity contribution < 1.29 is 9.31 Å². The number of fused-ring (bicyclic) bond motifs is 2. The molecule has 0 unspecified atom stereocenters. The fourth-order valence-corrected chi connectivity index (χ4v) is 6.96. The first-order valence-corrected chi connectivity index (χ1v) is 17.1. The van der Waals surface area contributed by atoms with Crippen LogP contribution in [-0.4, -0.2) is 29.1 Å². The number of benzene rings is 6. The van der Waals surface area contributed by atoms with Crippen molar-refractivity contribution >= 4 is 40.0 Å². The molecule has 5 nitrogen and oxygen atoms in total. The van der Waals surface area contributed by atoms with Crippen molar-refractivity contribution in [3.63, 3.8) is 0 Å². The molecule has 0 bridgehead atoms. The lowest BCUT2D eigenvalue weighted by molar-refractivity contribution is 0.00578. The molecule has 0 aliphatic carbocycles. The fourth-order valence-electron chi connectivity index (χ4n) is 6.96. The predicted molar refractivity (Wildman–Crippen MR) is 207 cm³/mol. The molecule has 1 aliphatic rings. The third kappa shape index (κ3) is 5.47. The van der Waals surface area contributed by atoms with Crippen molar-refractivity contribution in [1.82, 2.24) is 4.98 Å². The van der Waals surface area contributed by atoms with E-state index in [1.165, 1.54) is 0 Å². The zero-order valence-corrected chi connectivity index (χ0v) is 28.7. The maximum absolute atomic E-state index is 9.49. The standard InChI is InChI=1S/C44H38BN3O2/c1-43(2)44(3,4)50-45(49-43)40-35-24-14-11-21-32(35)39(33-22-12-15-25-36(33)40)34-23-13-16-26-37(34)41(46)48-42-38(30-19-9-6-10-20-30)27-31(28-47-42)29-17-7-5-8-18-29/h5-28H,1-4H3,(H2,46,47,48). The highest BCUT2D eigenvalue weighted by atomic mass is 16.7. The van der Waals surface area contributed by atoms with Gasteiger partial charge in [-0.15, -0.1) is 0 Å². The summed E-state index contributed by atoms with van der Waals surface area (Å²) >= 11 is 0. The Balaban J connectivity index is 1.32. The first kappa shape index (κ1) is 31.7. The maximum atomic E-state index is 9.49. The van der Waals surface area contributed by atoms with Gasteiger partial charge in [-0.3, -0.25) is 5.41 Å². The lowest BCUT2D eigenvalue weighted by atomic mass is 9.71. The van der Waals surface area contributed by atoms with Crippen LogP contribution < -0.4 is 11.0 Å². The molecular formula is C44H38BN3O2. The summed E-state index contributed by atoms with van der Waals surface area (Å²) in [7, 11) is -0.529. The third-order valence-corrected chi connectivity index (χ3v) is 10.2. The minimum Gasteiger partial charge on any atom is -0.399 e. The van der Waals surface area contributed by atoms with Gasteiger partial charge < -0.3 is 14.3 Å². The molecule has 2 heterocycles. The predicted octanol–water partition coefficient (Wildman–Crippen LogP) is 9.55. The first-order chi connectivity index (χ1) is 24.2. The monoisotopic (exact) mass is 651 g/mol. The molecule has 1 fully saturated rings. The highest BCUT2D eigenvalue weighted by molar-refractivity contribution is 6.69. The van der Waals surface area contributed by atoms with Gasteiger partial charge in [-0.25, -0.2) is 4.99 Å². The number of rotatable bonds is 5. The van der Waals surface area contributed by atoms with Crippen molar-refractivity contribution in [2.45, 2.75) is 38.9 Å². The molecular weight excluding hydrogens is 613 g/mol. The van der Waals surface area contributed by atoms with E-state index in [-0.39, 0.29) is 5.84 Å². The number of nitrogens with one attached hydrogen (secondary N) is 2. The topological polar surface area (TPSA) is 70.5 Å². The Hall–Kier alpha value is -5.56. The minimum absolute atomic E-state index is 0.171. The van der Waals surface area contributed by atoms with Gasteiger partial charge in [0.15, 0.2) is 5.84 Å². The molecule has 50 heavy (non-hydrogen) atoms. The van der Waals surface area contributed by atoms with Gasteiger partial charge in [0, 0.05) is 17.3 Å². The van der Waals surface area contributed by atoms with Gasteiger partial charge in [-0.1, -0.05) is 133 Å². The van der Waals surface area contributed by atoms with E-state index in [1.807, 2.05) is 60.8 Å². The number of pyridine rings is 1. The van der Waals surface area contributed by atoms with Crippen molar-refractivity contribution in [2.75, 3.05) is 0 Å². The molecule has 1 aliphatic heterocycles. The smallest absolute Gasteiger partial charge is 0.399 e. The van der Waals surface area contributed by atoms with Crippen molar-refractivity contribution in [3.8, 4) is 33.4 Å². The van der Waals surface area contributed by atoms with E-state index in [9.17, 15) is 5.41 Å². The van der Waals surface area contributed by atoms with Gasteiger partial charge >= 0.3 is 7.12 Å². The van der Waals surface area contributed by atoms with Crippen LogP contribution in [0.15, 0.2) is 151 Å². The van der Waals surface area contributed by atoms with Gasteiger partial charge in [-0.2, -0.15) is 0 Å². The summed E-state index contributed by atoms with van der Waals surface area (Å²) < 4.78 is 13.3. The van der Waals surface area contributed by atoms with Gasteiger partial charge in [0.25, 0.3) is 0 Å². The summed E-state index contributed by atoms with van der Waals surface area (Å²) in [5.41, 5.74) is 7.55. The second-order valence-electron chi connectivity index (χ2n) is 13.9. The Bertz CT molecular complexity index is 2400. The van der Waals surface area contributed by atoms with Crippen LogP contribution in [0.1, 0.15) is 33.3 Å². The summed E-state index contributed by atoms with van der Waals surface area (Å²) in [4.78, 5) is 8.43. The number of aromatic amines is 1. The van der Waals surface area contributed by atoms with Crippen LogP contribution in [0.3, 0.4) is 0 Å². The van der Waals surface area contributed by atoms with E-state index in [0.29, 0.717) is 5.49 Å². The number of hydrogen-bond acceptors (Lipinski definition) is 3. The largest absolute Gasteiger partial charge is 0.496 e. The highest BCUT2D eigenvalue weighted by Gasteiger charge is 2.52. The molecule has 0 amide bonds. The Labute approximate surface area is 292 Å². The Morgan fingerprint density at radius 2 is 1.08 bits per heavy atom. The van der Waals surface area contributed by atoms with Crippen LogP contribution in [0.5, 0.6) is 0 Å². The normalized spacial score (nSPS) is 15.5. The maximum Gasteiger partial charge on any atom is 0.496 e. The molecule has 0 spiro atoms. The van der Waals surface area contributed by atoms with E-state index in [2.05, 4.69) is 118 Å². The van der Waals surface area contributed by atoms with Crippen LogP contribution in [0.2, 0.25) is 0 Å². The molecule has 0 radical (unpaired) electrons. The summed E-state index contributed by atoms with van der Waals surface area (Å²) in [6, 6.07) is 47.7. The molecule has 0 saturated carbocycles. The minimum atomic E-state index is -0.529. The Morgan fingerprint density at radius 1 is 0.580 bits per heavy atom. The number of nitrogens with zero attached hydrogens (tertiary/aromatic N) is 1. The van der Waals surface area contributed by atoms with Crippen LogP contribution in [0, 0.1) is 5.41 Å². The van der Waals surface area contributed by atoms with Crippen molar-refractivity contribution in [3.05, 3.63) is 157 Å². The molecule has 244 valence electrons. The fraction of sp³-hybridized carbons (Fsp3) is 0.136. The summed E-state index contributed by atoms with van der Waals surface area (Å²) in [6.07, 6.45) is 1.97. The van der Waals surface area contributed by atoms with Crippen LogP contribution in [0.25, 0.3) is 54.9 Å². The molecule has 6 aromatic carbocycles. The summed E-state index contributed by atoms with van der Waals surface area (Å²) in [5.74, 6) is 0.171. The Morgan fingerprint density at radius 3 is 1.68 bits per heavy atom. The summed E-state index contributed by atoms with van der Waals surface area (Å²) in [5, 5.41) is 13.8. The van der Waals surface area contributed by atoms with E-state index < -0.39 is 18.3 Å². The lowest BCUT2D eigenvalue weighted by Crippen LogP contribution is -2.41.